The molecule has 2 amide bonds. The molecule has 0 fully saturated rings. The zero-order chi connectivity index (χ0) is 23.5. The summed E-state index contributed by atoms with van der Waals surface area (Å²) >= 11 is 6.03. The van der Waals surface area contributed by atoms with Crippen LogP contribution < -0.4 is 4.90 Å². The van der Waals surface area contributed by atoms with Crippen LogP contribution in [0, 0.1) is 0 Å². The van der Waals surface area contributed by atoms with Crippen LogP contribution in [0.5, 0.6) is 0 Å². The van der Waals surface area contributed by atoms with Crippen molar-refractivity contribution in [2.75, 3.05) is 18.5 Å². The summed E-state index contributed by atoms with van der Waals surface area (Å²) in [5, 5.41) is 0.607. The zero-order valence-electron chi connectivity index (χ0n) is 18.6. The van der Waals surface area contributed by atoms with Crippen molar-refractivity contribution in [2.45, 2.75) is 36.1 Å². The first-order valence-electron chi connectivity index (χ1n) is 10.9. The van der Waals surface area contributed by atoms with Crippen molar-refractivity contribution in [3.8, 4) is 0 Å². The van der Waals surface area contributed by atoms with Gasteiger partial charge in [0.1, 0.15) is 0 Å². The summed E-state index contributed by atoms with van der Waals surface area (Å²) < 4.78 is 13.5. The number of hydrogen-bond acceptors (Lipinski definition) is 3. The maximum atomic E-state index is 13.6. The summed E-state index contributed by atoms with van der Waals surface area (Å²) in [7, 11) is 0.216. The Bertz CT molecular complexity index is 1230. The molecule has 1 aliphatic rings. The highest BCUT2D eigenvalue weighted by molar-refractivity contribution is 7.85. The fourth-order valence-electron chi connectivity index (χ4n) is 3.84. The zero-order valence-corrected chi connectivity index (χ0v) is 20.2. The van der Waals surface area contributed by atoms with Crippen LogP contribution >= 0.6 is 11.6 Å². The Labute approximate surface area is 201 Å². The Hall–Kier alpha value is -2.96. The number of unbranched alkanes of at least 4 members (excludes halogenated alkanes) is 1. The van der Waals surface area contributed by atoms with Crippen LogP contribution in [0.15, 0.2) is 76.5 Å². The maximum absolute atomic E-state index is 13.6. The molecule has 1 aliphatic heterocycles. The van der Waals surface area contributed by atoms with Gasteiger partial charge in [-0.3, -0.25) is 9.59 Å². The topological polar surface area (TPSA) is 57.7 Å². The predicted octanol–water partition coefficient (Wildman–Crippen LogP) is 5.54. The molecule has 7 heteroatoms. The Morgan fingerprint density at radius 1 is 1.03 bits per heavy atom. The Morgan fingerprint density at radius 3 is 2.48 bits per heavy atom. The summed E-state index contributed by atoms with van der Waals surface area (Å²) in [6.07, 6.45) is 1.90. The number of benzene rings is 3. The molecule has 170 valence electrons. The predicted molar refractivity (Wildman–Crippen MR) is 131 cm³/mol. The van der Waals surface area contributed by atoms with E-state index in [4.69, 9.17) is 11.6 Å². The first-order valence-corrected chi connectivity index (χ1v) is 12.4. The minimum absolute atomic E-state index is 0.127. The van der Waals surface area contributed by atoms with E-state index < -0.39 is 10.8 Å². The van der Waals surface area contributed by atoms with Crippen LogP contribution in [0.4, 0.5) is 5.69 Å². The van der Waals surface area contributed by atoms with E-state index >= 15 is 0 Å². The normalized spacial score (nSPS) is 14.9. The highest BCUT2D eigenvalue weighted by Gasteiger charge is 2.31. The lowest BCUT2D eigenvalue weighted by Crippen LogP contribution is -2.31. The third kappa shape index (κ3) is 4.72. The van der Waals surface area contributed by atoms with E-state index in [2.05, 4.69) is 6.92 Å². The molecule has 0 spiro atoms. The molecule has 0 N–H and O–H groups in total. The van der Waals surface area contributed by atoms with Gasteiger partial charge in [-0.15, -0.1) is 0 Å². The van der Waals surface area contributed by atoms with Crippen molar-refractivity contribution in [1.29, 1.82) is 0 Å². The second-order valence-corrected chi connectivity index (χ2v) is 9.90. The summed E-state index contributed by atoms with van der Waals surface area (Å²) in [5.41, 5.74) is 2.22. The molecule has 3 aromatic rings. The highest BCUT2D eigenvalue weighted by atomic mass is 35.5. The molecule has 4 rings (SSSR count). The van der Waals surface area contributed by atoms with E-state index in [9.17, 15) is 13.8 Å². The lowest BCUT2D eigenvalue weighted by Gasteiger charge is -2.24. The standard InChI is InChI=1S/C26H25ClN2O3S/c1-3-4-15-28(2)25(30)19-11-14-24-22(16-19)29(17-18-9-12-20(27)13-10-18)26(31)21-7-5-6-8-23(21)33(24)32/h5-14,16H,3-4,15,17H2,1-2H3/t33-/m0/s1. The van der Waals surface area contributed by atoms with Gasteiger partial charge in [-0.25, -0.2) is 4.21 Å². The minimum atomic E-state index is -1.56. The Morgan fingerprint density at radius 2 is 1.76 bits per heavy atom. The van der Waals surface area contributed by atoms with Gasteiger partial charge in [-0.2, -0.15) is 0 Å². The number of fused-ring (bicyclic) bond motifs is 2. The molecular formula is C26H25ClN2O3S. The van der Waals surface area contributed by atoms with Gasteiger partial charge in [0.15, 0.2) is 0 Å². The molecular weight excluding hydrogens is 456 g/mol. The van der Waals surface area contributed by atoms with Crippen LogP contribution in [-0.2, 0) is 17.3 Å². The lowest BCUT2D eigenvalue weighted by molar-refractivity contribution is 0.0792. The van der Waals surface area contributed by atoms with E-state index in [1.807, 2.05) is 12.1 Å². The van der Waals surface area contributed by atoms with Gasteiger partial charge in [-0.1, -0.05) is 49.2 Å². The molecule has 33 heavy (non-hydrogen) atoms. The van der Waals surface area contributed by atoms with E-state index in [0.717, 1.165) is 18.4 Å². The molecule has 0 saturated carbocycles. The van der Waals surface area contributed by atoms with Crippen LogP contribution in [-0.4, -0.2) is 34.5 Å². The quantitative estimate of drug-likeness (QED) is 0.465. The molecule has 0 radical (unpaired) electrons. The lowest BCUT2D eigenvalue weighted by atomic mass is 10.1. The first kappa shape index (κ1) is 23.2. The number of anilines is 1. The fraction of sp³-hybridized carbons (Fsp3) is 0.231. The second-order valence-electron chi connectivity index (χ2n) is 8.05. The number of amides is 2. The number of carbonyl (C=O) groups excluding carboxylic acids is 2. The Balaban J connectivity index is 1.82. The average Bonchev–Trinajstić information content (AvgIpc) is 2.92. The molecule has 5 nitrogen and oxygen atoms in total. The largest absolute Gasteiger partial charge is 0.342 e. The summed E-state index contributed by atoms with van der Waals surface area (Å²) in [4.78, 5) is 30.9. The molecule has 3 aromatic carbocycles. The molecule has 0 unspecified atom stereocenters. The number of nitrogens with zero attached hydrogens (tertiary/aromatic N) is 2. The molecule has 0 saturated heterocycles. The van der Waals surface area contributed by atoms with Gasteiger partial charge >= 0.3 is 0 Å². The van der Waals surface area contributed by atoms with Gasteiger partial charge in [0, 0.05) is 24.2 Å². The minimum Gasteiger partial charge on any atom is -0.342 e. The highest BCUT2D eigenvalue weighted by Crippen LogP contribution is 2.36. The number of halogens is 1. The van der Waals surface area contributed by atoms with Gasteiger partial charge in [0.05, 0.1) is 38.4 Å². The molecule has 1 atom stereocenters. The molecule has 0 aliphatic carbocycles. The van der Waals surface area contributed by atoms with Gasteiger partial charge in [0.25, 0.3) is 11.8 Å². The molecule has 1 heterocycles. The van der Waals surface area contributed by atoms with E-state index in [1.165, 1.54) is 0 Å². The van der Waals surface area contributed by atoms with E-state index in [1.54, 1.807) is 71.4 Å². The number of carbonyl (C=O) groups is 2. The van der Waals surface area contributed by atoms with Crippen molar-refractivity contribution >= 4 is 39.9 Å². The second kappa shape index (κ2) is 9.89. The molecule has 0 bridgehead atoms. The van der Waals surface area contributed by atoms with E-state index in [0.29, 0.717) is 38.2 Å². The van der Waals surface area contributed by atoms with Gasteiger partial charge < -0.3 is 9.80 Å². The fourth-order valence-corrected chi connectivity index (χ4v) is 5.31. The summed E-state index contributed by atoms with van der Waals surface area (Å²) in [6.45, 7) is 2.99. The van der Waals surface area contributed by atoms with Crippen LogP contribution in [0.25, 0.3) is 0 Å². The SMILES string of the molecule is CCCCN(C)C(=O)c1ccc2c(c1)N(Cc1ccc(Cl)cc1)C(=O)c1ccccc1[S@@]2=O. The van der Waals surface area contributed by atoms with Crippen molar-refractivity contribution in [1.82, 2.24) is 4.90 Å². The third-order valence-corrected chi connectivity index (χ3v) is 7.46. The smallest absolute Gasteiger partial charge is 0.259 e. The average molecular weight is 481 g/mol. The van der Waals surface area contributed by atoms with E-state index in [-0.39, 0.29) is 18.4 Å². The number of rotatable bonds is 6. The van der Waals surface area contributed by atoms with Crippen molar-refractivity contribution < 1.29 is 13.8 Å². The summed E-state index contributed by atoms with van der Waals surface area (Å²) in [5.74, 6) is -0.380. The third-order valence-electron chi connectivity index (χ3n) is 5.71. The number of hydrogen-bond donors (Lipinski definition) is 0. The van der Waals surface area contributed by atoms with Crippen molar-refractivity contribution in [2.24, 2.45) is 0 Å². The van der Waals surface area contributed by atoms with Crippen molar-refractivity contribution in [3.05, 3.63) is 88.4 Å². The summed E-state index contributed by atoms with van der Waals surface area (Å²) in [6, 6.07) is 19.3. The van der Waals surface area contributed by atoms with Gasteiger partial charge in [0.2, 0.25) is 0 Å². The van der Waals surface area contributed by atoms with Crippen LogP contribution in [0.3, 0.4) is 0 Å². The maximum Gasteiger partial charge on any atom is 0.259 e. The van der Waals surface area contributed by atoms with Crippen LogP contribution in [0.2, 0.25) is 5.02 Å². The first-order chi connectivity index (χ1) is 15.9. The van der Waals surface area contributed by atoms with Crippen LogP contribution in [0.1, 0.15) is 46.0 Å². The van der Waals surface area contributed by atoms with Crippen molar-refractivity contribution in [3.63, 3.8) is 0 Å². The monoisotopic (exact) mass is 480 g/mol. The molecule has 0 aromatic heterocycles. The Kier molecular flexibility index (Phi) is 6.96. The van der Waals surface area contributed by atoms with Gasteiger partial charge in [-0.05, 0) is 54.4 Å².